The summed E-state index contributed by atoms with van der Waals surface area (Å²) in [6.45, 7) is 1.11. The molecule has 0 aromatic rings. The fourth-order valence-electron chi connectivity index (χ4n) is 2.26. The first kappa shape index (κ1) is 8.60. The molecular formula is C9H15NOS. The van der Waals surface area contributed by atoms with Crippen LogP contribution in [0, 0.1) is 5.92 Å². The molecule has 1 aliphatic heterocycles. The van der Waals surface area contributed by atoms with Gasteiger partial charge >= 0.3 is 0 Å². The molecule has 2 aliphatic rings. The predicted octanol–water partition coefficient (Wildman–Crippen LogP) is 2.24. The topological polar surface area (TPSA) is 32.3 Å². The number of hydrogen-bond acceptors (Lipinski definition) is 3. The highest BCUT2D eigenvalue weighted by molar-refractivity contribution is 7.97. The highest BCUT2D eigenvalue weighted by Gasteiger charge is 2.29. The quantitative estimate of drug-likeness (QED) is 0.614. The molecule has 2 N–H and O–H groups in total. The Kier molecular flexibility index (Phi) is 2.73. The number of rotatable bonds is 1. The van der Waals surface area contributed by atoms with Crippen molar-refractivity contribution in [1.29, 1.82) is 0 Å². The van der Waals surface area contributed by atoms with Gasteiger partial charge in [-0.1, -0.05) is 6.08 Å². The molecule has 68 valence electrons. The van der Waals surface area contributed by atoms with E-state index in [4.69, 9.17) is 4.55 Å². The highest BCUT2D eigenvalue weighted by atomic mass is 32.2. The summed E-state index contributed by atoms with van der Waals surface area (Å²) in [5, 5.41) is 3.47. The van der Waals surface area contributed by atoms with E-state index in [1.165, 1.54) is 19.3 Å². The smallest absolute Gasteiger partial charge is 0.0428 e. The molecule has 1 aliphatic carbocycles. The number of hydrogen-bond donors (Lipinski definition) is 2. The Balaban J connectivity index is 2.09. The van der Waals surface area contributed by atoms with Gasteiger partial charge in [-0.3, -0.25) is 0 Å². The Morgan fingerprint density at radius 1 is 1.50 bits per heavy atom. The third-order valence-corrected chi connectivity index (χ3v) is 3.51. The van der Waals surface area contributed by atoms with Crippen LogP contribution in [-0.4, -0.2) is 17.1 Å². The first-order chi connectivity index (χ1) is 5.92. The summed E-state index contributed by atoms with van der Waals surface area (Å²) in [5.41, 5.74) is 0. The molecule has 1 saturated heterocycles. The van der Waals surface area contributed by atoms with Crippen LogP contribution in [0.3, 0.4) is 0 Å². The largest absolute Gasteiger partial charge is 0.326 e. The summed E-state index contributed by atoms with van der Waals surface area (Å²) in [4.78, 5) is 1.14. The van der Waals surface area contributed by atoms with Crippen LogP contribution in [0.15, 0.2) is 11.0 Å². The second kappa shape index (κ2) is 3.81. The summed E-state index contributed by atoms with van der Waals surface area (Å²) >= 11 is 0.930. The average molecular weight is 185 g/mol. The predicted molar refractivity (Wildman–Crippen MR) is 52.1 cm³/mol. The van der Waals surface area contributed by atoms with Crippen LogP contribution in [0.2, 0.25) is 0 Å². The van der Waals surface area contributed by atoms with Crippen LogP contribution in [0.4, 0.5) is 0 Å². The van der Waals surface area contributed by atoms with Crippen LogP contribution in [0.1, 0.15) is 25.7 Å². The molecule has 0 radical (unpaired) electrons. The molecule has 0 saturated carbocycles. The third kappa shape index (κ3) is 1.53. The summed E-state index contributed by atoms with van der Waals surface area (Å²) in [5.74, 6) is 0.776. The van der Waals surface area contributed by atoms with E-state index < -0.39 is 0 Å². The van der Waals surface area contributed by atoms with Crippen LogP contribution in [0.25, 0.3) is 0 Å². The molecule has 1 heterocycles. The van der Waals surface area contributed by atoms with E-state index in [1.807, 2.05) is 0 Å². The van der Waals surface area contributed by atoms with Crippen molar-refractivity contribution in [3.63, 3.8) is 0 Å². The fourth-order valence-corrected chi connectivity index (χ4v) is 2.84. The van der Waals surface area contributed by atoms with Gasteiger partial charge in [0.25, 0.3) is 0 Å². The van der Waals surface area contributed by atoms with Gasteiger partial charge in [0.2, 0.25) is 0 Å². The Hall–Kier alpha value is 0.01000. The van der Waals surface area contributed by atoms with Gasteiger partial charge in [-0.05, 0) is 38.1 Å². The lowest BCUT2D eigenvalue weighted by Crippen LogP contribution is -2.43. The van der Waals surface area contributed by atoms with Crippen LogP contribution >= 0.6 is 12.0 Å². The molecule has 0 bridgehead atoms. The molecule has 2 unspecified atom stereocenters. The number of allylic oxidation sites excluding steroid dienone is 1. The summed E-state index contributed by atoms with van der Waals surface area (Å²) in [7, 11) is 0. The van der Waals surface area contributed by atoms with E-state index in [0.717, 1.165) is 35.8 Å². The van der Waals surface area contributed by atoms with Gasteiger partial charge in [0.15, 0.2) is 0 Å². The minimum absolute atomic E-state index is 0.461. The van der Waals surface area contributed by atoms with Gasteiger partial charge in [-0.15, -0.1) is 0 Å². The maximum absolute atomic E-state index is 9.04. The first-order valence-electron chi connectivity index (χ1n) is 4.66. The molecule has 3 heteroatoms. The number of nitrogens with one attached hydrogen (secondary N) is 1. The van der Waals surface area contributed by atoms with Crippen LogP contribution in [0.5, 0.6) is 0 Å². The zero-order valence-corrected chi connectivity index (χ0v) is 7.94. The SMILES string of the molecule is OSC1=CCCC2CCCNC12. The second-order valence-electron chi connectivity index (χ2n) is 3.61. The van der Waals surface area contributed by atoms with Gasteiger partial charge in [-0.25, -0.2) is 0 Å². The van der Waals surface area contributed by atoms with Crippen molar-refractivity contribution in [1.82, 2.24) is 5.32 Å². The second-order valence-corrected chi connectivity index (χ2v) is 4.26. The molecule has 1 fully saturated rings. The monoisotopic (exact) mass is 185 g/mol. The standard InChI is InChI=1S/C9H15NOS/c11-12-8-5-1-3-7-4-2-6-10-9(7)8/h5,7,9-11H,1-4,6H2. The fraction of sp³-hybridized carbons (Fsp3) is 0.778. The van der Waals surface area contributed by atoms with E-state index in [0.29, 0.717) is 6.04 Å². The lowest BCUT2D eigenvalue weighted by atomic mass is 9.83. The lowest BCUT2D eigenvalue weighted by Gasteiger charge is -2.35. The summed E-state index contributed by atoms with van der Waals surface area (Å²) in [6, 6.07) is 0.461. The molecule has 0 spiro atoms. The van der Waals surface area contributed by atoms with Crippen LogP contribution < -0.4 is 5.32 Å². The maximum Gasteiger partial charge on any atom is 0.0428 e. The minimum atomic E-state index is 0.461. The van der Waals surface area contributed by atoms with Crippen molar-refractivity contribution >= 4 is 12.0 Å². The maximum atomic E-state index is 9.04. The number of fused-ring (bicyclic) bond motifs is 1. The molecule has 2 atom stereocenters. The lowest BCUT2D eigenvalue weighted by molar-refractivity contribution is 0.291. The first-order valence-corrected chi connectivity index (χ1v) is 5.44. The molecule has 12 heavy (non-hydrogen) atoms. The van der Waals surface area contributed by atoms with Crippen molar-refractivity contribution in [3.05, 3.63) is 11.0 Å². The van der Waals surface area contributed by atoms with Crippen molar-refractivity contribution in [2.45, 2.75) is 31.7 Å². The van der Waals surface area contributed by atoms with E-state index in [2.05, 4.69) is 11.4 Å². The van der Waals surface area contributed by atoms with Gasteiger partial charge < -0.3 is 9.87 Å². The number of piperidine rings is 1. The van der Waals surface area contributed by atoms with Crippen molar-refractivity contribution in [3.8, 4) is 0 Å². The van der Waals surface area contributed by atoms with Crippen molar-refractivity contribution in [2.24, 2.45) is 5.92 Å². The van der Waals surface area contributed by atoms with Crippen molar-refractivity contribution < 1.29 is 4.55 Å². The zero-order chi connectivity index (χ0) is 8.39. The normalized spacial score (nSPS) is 35.6. The molecule has 0 aromatic carbocycles. The van der Waals surface area contributed by atoms with E-state index in [9.17, 15) is 0 Å². The summed E-state index contributed by atoms with van der Waals surface area (Å²) in [6.07, 6.45) is 7.23. The zero-order valence-electron chi connectivity index (χ0n) is 7.12. The molecule has 0 amide bonds. The molecule has 2 rings (SSSR count). The van der Waals surface area contributed by atoms with E-state index in [1.54, 1.807) is 0 Å². The average Bonchev–Trinajstić information content (AvgIpc) is 2.17. The van der Waals surface area contributed by atoms with Crippen LogP contribution in [-0.2, 0) is 0 Å². The Bertz CT molecular complexity index is 193. The van der Waals surface area contributed by atoms with Gasteiger partial charge in [0.1, 0.15) is 0 Å². The molecule has 0 aromatic heterocycles. The molecule has 2 nitrogen and oxygen atoms in total. The Morgan fingerprint density at radius 2 is 2.42 bits per heavy atom. The van der Waals surface area contributed by atoms with Crippen molar-refractivity contribution in [2.75, 3.05) is 6.54 Å². The third-order valence-electron chi connectivity index (χ3n) is 2.88. The van der Waals surface area contributed by atoms with Gasteiger partial charge in [0.05, 0.1) is 0 Å². The Labute approximate surface area is 77.6 Å². The Morgan fingerprint density at radius 3 is 3.25 bits per heavy atom. The van der Waals surface area contributed by atoms with E-state index in [-0.39, 0.29) is 0 Å². The van der Waals surface area contributed by atoms with Gasteiger partial charge in [-0.2, -0.15) is 0 Å². The highest BCUT2D eigenvalue weighted by Crippen LogP contribution is 2.34. The minimum Gasteiger partial charge on any atom is -0.326 e. The summed E-state index contributed by atoms with van der Waals surface area (Å²) < 4.78 is 9.04. The molecular weight excluding hydrogens is 170 g/mol. The van der Waals surface area contributed by atoms with Gasteiger partial charge in [0, 0.05) is 23.0 Å². The van der Waals surface area contributed by atoms with E-state index >= 15 is 0 Å².